The van der Waals surface area contributed by atoms with E-state index < -0.39 is 0 Å². The summed E-state index contributed by atoms with van der Waals surface area (Å²) in [4.78, 5) is 18.0. The molecule has 1 N–H and O–H groups in total. The first-order valence-corrected chi connectivity index (χ1v) is 4.31. The van der Waals surface area contributed by atoms with Crippen LogP contribution in [-0.4, -0.2) is 23.5 Å². The van der Waals surface area contributed by atoms with E-state index in [-0.39, 0.29) is 6.61 Å². The summed E-state index contributed by atoms with van der Waals surface area (Å²) in [5.41, 5.74) is 0.631. The third-order valence-electron chi connectivity index (χ3n) is 1.33. The molecule has 0 aromatic carbocycles. The van der Waals surface area contributed by atoms with Crippen LogP contribution in [0.15, 0.2) is 10.7 Å². The van der Waals surface area contributed by atoms with Gasteiger partial charge in [-0.15, -0.1) is 0 Å². The molecule has 0 aliphatic rings. The lowest BCUT2D eigenvalue weighted by atomic mass is 10.4. The largest absolute Gasteiger partial charge is 0.461 e. The molecule has 1 heterocycles. The van der Waals surface area contributed by atoms with Gasteiger partial charge in [0, 0.05) is 13.2 Å². The fourth-order valence-corrected chi connectivity index (χ4v) is 1.04. The van der Waals surface area contributed by atoms with Crippen LogP contribution in [0.1, 0.15) is 5.69 Å². The fourth-order valence-electron chi connectivity index (χ4n) is 0.737. The third-order valence-corrected chi connectivity index (χ3v) is 1.99. The summed E-state index contributed by atoms with van der Waals surface area (Å²) in [5, 5.41) is 2.78. The van der Waals surface area contributed by atoms with Gasteiger partial charge in [0.1, 0.15) is 6.61 Å². The molecule has 0 amide bonds. The second-order valence-electron chi connectivity index (χ2n) is 2.15. The minimum absolute atomic E-state index is 0.140. The molecule has 13 heavy (non-hydrogen) atoms. The number of rotatable bonds is 4. The lowest BCUT2D eigenvalue weighted by Gasteiger charge is -2.03. The van der Waals surface area contributed by atoms with E-state index in [4.69, 9.17) is 0 Å². The van der Waals surface area contributed by atoms with Gasteiger partial charge >= 0.3 is 0 Å². The summed E-state index contributed by atoms with van der Waals surface area (Å²) < 4.78 is 5.29. The number of carbonyl (C=O) groups is 1. The van der Waals surface area contributed by atoms with Gasteiger partial charge < -0.3 is 10.1 Å². The van der Waals surface area contributed by atoms with Crippen molar-refractivity contribution < 1.29 is 9.53 Å². The van der Waals surface area contributed by atoms with E-state index in [1.165, 1.54) is 0 Å². The molecule has 0 aliphatic carbocycles. The Balaban J connectivity index is 2.83. The Morgan fingerprint density at radius 2 is 2.54 bits per heavy atom. The lowest BCUT2D eigenvalue weighted by Crippen LogP contribution is -2.02. The monoisotopic (exact) mass is 245 g/mol. The van der Waals surface area contributed by atoms with Gasteiger partial charge in [0.25, 0.3) is 6.47 Å². The van der Waals surface area contributed by atoms with Gasteiger partial charge in [-0.2, -0.15) is 0 Å². The predicted molar refractivity (Wildman–Crippen MR) is 50.1 cm³/mol. The van der Waals surface area contributed by atoms with Crippen molar-refractivity contribution in [3.63, 3.8) is 0 Å². The van der Waals surface area contributed by atoms with Gasteiger partial charge in [0.2, 0.25) is 5.95 Å². The van der Waals surface area contributed by atoms with Crippen molar-refractivity contribution >= 4 is 28.4 Å². The van der Waals surface area contributed by atoms with Gasteiger partial charge in [-0.3, -0.25) is 4.79 Å². The molecular formula is C7H8BrN3O2. The number of hydrogen-bond donors (Lipinski definition) is 1. The first kappa shape index (κ1) is 9.91. The molecule has 1 aromatic heterocycles. The number of ether oxygens (including phenoxy) is 1. The van der Waals surface area contributed by atoms with Crippen LogP contribution in [-0.2, 0) is 16.1 Å². The maximum atomic E-state index is 9.95. The van der Waals surface area contributed by atoms with Crippen molar-refractivity contribution in [1.29, 1.82) is 0 Å². The molecule has 0 aliphatic heterocycles. The summed E-state index contributed by atoms with van der Waals surface area (Å²) >= 11 is 3.24. The van der Waals surface area contributed by atoms with Crippen LogP contribution in [0.3, 0.4) is 0 Å². The molecule has 0 bridgehead atoms. The van der Waals surface area contributed by atoms with Crippen LogP contribution >= 0.6 is 15.9 Å². The van der Waals surface area contributed by atoms with Crippen LogP contribution in [0.2, 0.25) is 0 Å². The molecule has 0 saturated heterocycles. The van der Waals surface area contributed by atoms with E-state index >= 15 is 0 Å². The molecule has 0 saturated carbocycles. The van der Waals surface area contributed by atoms with Crippen molar-refractivity contribution in [1.82, 2.24) is 9.97 Å². The second kappa shape index (κ2) is 4.76. The Morgan fingerprint density at radius 3 is 3.15 bits per heavy atom. The Labute approximate surface area is 83.7 Å². The number of carbonyl (C=O) groups excluding carboxylic acids is 1. The quantitative estimate of drug-likeness (QED) is 0.801. The molecule has 0 fully saturated rings. The van der Waals surface area contributed by atoms with Crippen molar-refractivity contribution in [2.75, 3.05) is 12.4 Å². The van der Waals surface area contributed by atoms with Crippen LogP contribution in [0.25, 0.3) is 0 Å². The zero-order valence-electron chi connectivity index (χ0n) is 6.95. The molecule has 6 heteroatoms. The van der Waals surface area contributed by atoms with E-state index in [0.29, 0.717) is 22.6 Å². The fraction of sp³-hybridized carbons (Fsp3) is 0.286. The number of hydrogen-bond acceptors (Lipinski definition) is 5. The Bertz CT molecular complexity index is 306. The standard InChI is InChI=1S/C7H8BrN3O2/c1-9-7-10-2-5(8)6(11-7)3-13-4-12/h2,4H,3H2,1H3,(H,9,10,11). The highest BCUT2D eigenvalue weighted by molar-refractivity contribution is 9.10. The van der Waals surface area contributed by atoms with Crippen LogP contribution in [0.5, 0.6) is 0 Å². The first-order valence-electron chi connectivity index (χ1n) is 3.52. The smallest absolute Gasteiger partial charge is 0.293 e. The number of halogens is 1. The highest BCUT2D eigenvalue weighted by atomic mass is 79.9. The molecule has 70 valence electrons. The normalized spacial score (nSPS) is 9.38. The van der Waals surface area contributed by atoms with Crippen LogP contribution in [0, 0.1) is 0 Å². The molecular weight excluding hydrogens is 238 g/mol. The van der Waals surface area contributed by atoms with E-state index in [0.717, 1.165) is 0 Å². The molecule has 0 radical (unpaired) electrons. The van der Waals surface area contributed by atoms with Crippen molar-refractivity contribution in [2.45, 2.75) is 6.61 Å². The highest BCUT2D eigenvalue weighted by Gasteiger charge is 2.03. The van der Waals surface area contributed by atoms with Crippen molar-refractivity contribution in [2.24, 2.45) is 0 Å². The number of anilines is 1. The van der Waals surface area contributed by atoms with Crippen LogP contribution < -0.4 is 5.32 Å². The van der Waals surface area contributed by atoms with Gasteiger partial charge in [0.15, 0.2) is 0 Å². The summed E-state index contributed by atoms with van der Waals surface area (Å²) in [5.74, 6) is 0.493. The lowest BCUT2D eigenvalue weighted by molar-refractivity contribution is -0.129. The zero-order valence-corrected chi connectivity index (χ0v) is 8.54. The summed E-state index contributed by atoms with van der Waals surface area (Å²) in [6.45, 7) is 0.523. The summed E-state index contributed by atoms with van der Waals surface area (Å²) in [6.07, 6.45) is 1.60. The average molecular weight is 246 g/mol. The third kappa shape index (κ3) is 2.66. The van der Waals surface area contributed by atoms with E-state index in [1.807, 2.05) is 0 Å². The minimum atomic E-state index is 0.140. The SMILES string of the molecule is CNc1ncc(Br)c(COC=O)n1. The predicted octanol–water partition coefficient (Wildman–Crippen LogP) is 0.954. The van der Waals surface area contributed by atoms with Crippen molar-refractivity contribution in [3.05, 3.63) is 16.4 Å². The van der Waals surface area contributed by atoms with Gasteiger partial charge in [-0.1, -0.05) is 0 Å². The first-order chi connectivity index (χ1) is 6.27. The zero-order chi connectivity index (χ0) is 9.68. The maximum Gasteiger partial charge on any atom is 0.293 e. The van der Waals surface area contributed by atoms with E-state index in [1.54, 1.807) is 13.2 Å². The minimum Gasteiger partial charge on any atom is -0.461 e. The molecule has 1 aromatic rings. The number of aromatic nitrogens is 2. The Morgan fingerprint density at radius 1 is 1.77 bits per heavy atom. The number of nitrogens with zero attached hydrogens (tertiary/aromatic N) is 2. The number of nitrogens with one attached hydrogen (secondary N) is 1. The topological polar surface area (TPSA) is 64.1 Å². The highest BCUT2D eigenvalue weighted by Crippen LogP contribution is 2.15. The van der Waals surface area contributed by atoms with E-state index in [9.17, 15) is 4.79 Å². The Kier molecular flexibility index (Phi) is 3.63. The van der Waals surface area contributed by atoms with E-state index in [2.05, 4.69) is 36.0 Å². The van der Waals surface area contributed by atoms with Crippen molar-refractivity contribution in [3.8, 4) is 0 Å². The van der Waals surface area contributed by atoms with Gasteiger partial charge in [-0.05, 0) is 15.9 Å². The van der Waals surface area contributed by atoms with Gasteiger partial charge in [-0.25, -0.2) is 9.97 Å². The molecule has 0 atom stereocenters. The summed E-state index contributed by atoms with van der Waals surface area (Å²) in [6, 6.07) is 0. The maximum absolute atomic E-state index is 9.95. The van der Waals surface area contributed by atoms with Crippen LogP contribution in [0.4, 0.5) is 5.95 Å². The molecule has 0 spiro atoms. The van der Waals surface area contributed by atoms with Gasteiger partial charge in [0.05, 0.1) is 10.2 Å². The Hall–Kier alpha value is -1.17. The second-order valence-corrected chi connectivity index (χ2v) is 3.00. The summed E-state index contributed by atoms with van der Waals surface area (Å²) in [7, 11) is 1.72. The molecule has 5 nitrogen and oxygen atoms in total. The molecule has 0 unspecified atom stereocenters. The average Bonchev–Trinajstić information content (AvgIpc) is 2.17. The molecule has 1 rings (SSSR count).